The first-order valence-electron chi connectivity index (χ1n) is 10.1. The van der Waals surface area contributed by atoms with E-state index in [4.69, 9.17) is 0 Å². The average molecular weight is 431 g/mol. The van der Waals surface area contributed by atoms with Crippen LogP contribution in [0.3, 0.4) is 0 Å². The van der Waals surface area contributed by atoms with Crippen LogP contribution in [0.5, 0.6) is 0 Å². The topological polar surface area (TPSA) is 49.4 Å². The maximum absolute atomic E-state index is 14.2. The lowest BCUT2D eigenvalue weighted by molar-refractivity contribution is -0.141. The molecule has 2 amide bonds. The Morgan fingerprint density at radius 1 is 1.07 bits per heavy atom. The molecule has 6 heteroatoms. The average Bonchev–Trinajstić information content (AvgIpc) is 2.69. The first-order valence-corrected chi connectivity index (χ1v) is 11.3. The number of halogens is 1. The van der Waals surface area contributed by atoms with Gasteiger partial charge in [-0.2, -0.15) is 11.8 Å². The maximum atomic E-state index is 14.2. The Kier molecular flexibility index (Phi) is 8.90. The molecule has 2 aromatic rings. The van der Waals surface area contributed by atoms with E-state index < -0.39 is 11.6 Å². The van der Waals surface area contributed by atoms with Crippen LogP contribution in [0.1, 0.15) is 45.2 Å². The molecule has 2 aromatic carbocycles. The van der Waals surface area contributed by atoms with Crippen molar-refractivity contribution >= 4 is 23.6 Å². The van der Waals surface area contributed by atoms with Gasteiger partial charge in [-0.15, -0.1) is 0 Å². The molecule has 0 bridgehead atoms. The van der Waals surface area contributed by atoms with Gasteiger partial charge in [0.05, 0.1) is 0 Å². The van der Waals surface area contributed by atoms with Crippen molar-refractivity contribution < 1.29 is 14.0 Å². The van der Waals surface area contributed by atoms with Gasteiger partial charge >= 0.3 is 0 Å². The molecule has 0 fully saturated rings. The first kappa shape index (κ1) is 23.9. The van der Waals surface area contributed by atoms with Crippen molar-refractivity contribution in [2.75, 3.05) is 5.75 Å². The zero-order valence-corrected chi connectivity index (χ0v) is 19.0. The van der Waals surface area contributed by atoms with Crippen molar-refractivity contribution in [1.82, 2.24) is 10.2 Å². The molecule has 162 valence electrons. The van der Waals surface area contributed by atoms with Crippen LogP contribution < -0.4 is 5.32 Å². The molecule has 0 saturated heterocycles. The van der Waals surface area contributed by atoms with Crippen LogP contribution in [0.15, 0.2) is 54.6 Å². The lowest BCUT2D eigenvalue weighted by atomic mass is 10.1. The van der Waals surface area contributed by atoms with Gasteiger partial charge in [0.1, 0.15) is 11.9 Å². The second-order valence-electron chi connectivity index (χ2n) is 8.32. The van der Waals surface area contributed by atoms with E-state index in [2.05, 4.69) is 17.4 Å². The van der Waals surface area contributed by atoms with Gasteiger partial charge in [0.25, 0.3) is 0 Å². The highest BCUT2D eigenvalue weighted by molar-refractivity contribution is 7.98. The molecule has 0 aliphatic rings. The minimum atomic E-state index is -0.699. The summed E-state index contributed by atoms with van der Waals surface area (Å²) in [4.78, 5) is 27.2. The van der Waals surface area contributed by atoms with Crippen LogP contribution in [0.25, 0.3) is 0 Å². The summed E-state index contributed by atoms with van der Waals surface area (Å²) in [7, 11) is 0. The lowest BCUT2D eigenvalue weighted by Crippen LogP contribution is -2.52. The third-order valence-electron chi connectivity index (χ3n) is 4.54. The highest BCUT2D eigenvalue weighted by Gasteiger charge is 2.28. The Labute approximate surface area is 183 Å². The number of hydrogen-bond acceptors (Lipinski definition) is 3. The van der Waals surface area contributed by atoms with Crippen molar-refractivity contribution in [2.24, 2.45) is 0 Å². The summed E-state index contributed by atoms with van der Waals surface area (Å²) >= 11 is 1.67. The fraction of sp³-hybridized carbons (Fsp3) is 0.417. The summed E-state index contributed by atoms with van der Waals surface area (Å²) in [5.41, 5.74) is 1.19. The second-order valence-corrected chi connectivity index (χ2v) is 9.42. The third kappa shape index (κ3) is 7.82. The lowest BCUT2D eigenvalue weighted by Gasteiger charge is -2.31. The van der Waals surface area contributed by atoms with Crippen LogP contribution in [0.4, 0.5) is 4.39 Å². The van der Waals surface area contributed by atoms with E-state index in [9.17, 15) is 14.0 Å². The Balaban J connectivity index is 2.04. The van der Waals surface area contributed by atoms with Gasteiger partial charge in [-0.3, -0.25) is 9.59 Å². The predicted octanol–water partition coefficient (Wildman–Crippen LogP) is 4.78. The fourth-order valence-corrected chi connectivity index (χ4v) is 3.83. The minimum Gasteiger partial charge on any atom is -0.350 e. The van der Waals surface area contributed by atoms with Crippen LogP contribution in [-0.2, 0) is 21.9 Å². The molecular weight excluding hydrogens is 399 g/mol. The van der Waals surface area contributed by atoms with Gasteiger partial charge in [0, 0.05) is 35.6 Å². The Hall–Kier alpha value is -2.34. The summed E-state index contributed by atoms with van der Waals surface area (Å²) in [6, 6.07) is 15.7. The quantitative estimate of drug-likeness (QED) is 0.583. The summed E-state index contributed by atoms with van der Waals surface area (Å²) < 4.78 is 14.2. The van der Waals surface area contributed by atoms with Gasteiger partial charge in [0.2, 0.25) is 11.8 Å². The fourth-order valence-electron chi connectivity index (χ4n) is 2.93. The van der Waals surface area contributed by atoms with Crippen molar-refractivity contribution in [2.45, 2.75) is 58.0 Å². The summed E-state index contributed by atoms with van der Waals surface area (Å²) in [5.74, 6) is 0.674. The normalized spacial score (nSPS) is 12.3. The number of carbonyl (C=O) groups excluding carboxylic acids is 2. The molecule has 0 radical (unpaired) electrons. The minimum absolute atomic E-state index is 0.0631. The number of carbonyl (C=O) groups is 2. The largest absolute Gasteiger partial charge is 0.350 e. The molecular formula is C24H31FN2O2S. The molecule has 0 aromatic heterocycles. The number of nitrogens with one attached hydrogen (secondary N) is 1. The monoisotopic (exact) mass is 430 g/mol. The molecule has 0 unspecified atom stereocenters. The zero-order valence-electron chi connectivity index (χ0n) is 18.2. The van der Waals surface area contributed by atoms with E-state index in [1.54, 1.807) is 36.9 Å². The predicted molar refractivity (Wildman–Crippen MR) is 122 cm³/mol. The molecule has 1 N–H and O–H groups in total. The van der Waals surface area contributed by atoms with E-state index in [0.717, 1.165) is 5.75 Å². The van der Waals surface area contributed by atoms with E-state index in [1.807, 2.05) is 39.0 Å². The summed E-state index contributed by atoms with van der Waals surface area (Å²) in [6.45, 7) is 7.42. The van der Waals surface area contributed by atoms with Crippen molar-refractivity contribution in [3.63, 3.8) is 0 Å². The van der Waals surface area contributed by atoms with Gasteiger partial charge in [0.15, 0.2) is 0 Å². The third-order valence-corrected chi connectivity index (χ3v) is 5.57. The molecule has 0 heterocycles. The SMILES string of the molecule is C[C@H](C(=O)NC(C)(C)C)N(Cc1ccccc1F)C(=O)CCSCc1ccccc1. The number of hydrogen-bond donors (Lipinski definition) is 1. The highest BCUT2D eigenvalue weighted by atomic mass is 32.2. The number of rotatable bonds is 9. The Bertz CT molecular complexity index is 837. The van der Waals surface area contributed by atoms with E-state index in [0.29, 0.717) is 17.7 Å². The molecule has 0 aliphatic carbocycles. The molecule has 0 saturated carbocycles. The molecule has 4 nitrogen and oxygen atoms in total. The van der Waals surface area contributed by atoms with Crippen molar-refractivity contribution in [1.29, 1.82) is 0 Å². The van der Waals surface area contributed by atoms with Gasteiger partial charge < -0.3 is 10.2 Å². The van der Waals surface area contributed by atoms with Crippen molar-refractivity contribution in [3.8, 4) is 0 Å². The van der Waals surface area contributed by atoms with E-state index in [1.165, 1.54) is 16.5 Å². The Morgan fingerprint density at radius 3 is 2.33 bits per heavy atom. The smallest absolute Gasteiger partial charge is 0.242 e. The van der Waals surface area contributed by atoms with Gasteiger partial charge in [-0.05, 0) is 39.3 Å². The number of nitrogens with zero attached hydrogens (tertiary/aromatic N) is 1. The van der Waals surface area contributed by atoms with Crippen LogP contribution in [0, 0.1) is 5.82 Å². The Morgan fingerprint density at radius 2 is 1.70 bits per heavy atom. The number of thioether (sulfide) groups is 1. The van der Waals surface area contributed by atoms with Crippen molar-refractivity contribution in [3.05, 3.63) is 71.5 Å². The van der Waals surface area contributed by atoms with E-state index >= 15 is 0 Å². The zero-order chi connectivity index (χ0) is 22.1. The van der Waals surface area contributed by atoms with Crippen LogP contribution in [-0.4, -0.2) is 34.0 Å². The molecule has 30 heavy (non-hydrogen) atoms. The molecule has 0 aliphatic heterocycles. The molecule has 1 atom stereocenters. The highest BCUT2D eigenvalue weighted by Crippen LogP contribution is 2.17. The summed E-state index contributed by atoms with van der Waals surface area (Å²) in [6.07, 6.45) is 0.291. The van der Waals surface area contributed by atoms with Crippen LogP contribution >= 0.6 is 11.8 Å². The van der Waals surface area contributed by atoms with Gasteiger partial charge in [-0.1, -0.05) is 48.5 Å². The number of amides is 2. The molecule has 2 rings (SSSR count). The first-order chi connectivity index (χ1) is 14.2. The summed E-state index contributed by atoms with van der Waals surface area (Å²) in [5, 5.41) is 2.91. The van der Waals surface area contributed by atoms with E-state index in [-0.39, 0.29) is 24.2 Å². The second kappa shape index (κ2) is 11.2. The molecule has 0 spiro atoms. The van der Waals surface area contributed by atoms with Gasteiger partial charge in [-0.25, -0.2) is 4.39 Å². The number of benzene rings is 2. The standard InChI is InChI=1S/C24H31FN2O2S/c1-18(23(29)26-24(2,3)4)27(16-20-12-8-9-13-21(20)25)22(28)14-15-30-17-19-10-6-5-7-11-19/h5-13,18H,14-17H2,1-4H3,(H,26,29)/t18-/m1/s1. The maximum Gasteiger partial charge on any atom is 0.242 e. The van der Waals surface area contributed by atoms with Crippen LogP contribution in [0.2, 0.25) is 0 Å².